The second-order valence-electron chi connectivity index (χ2n) is 6.11. The maximum Gasteiger partial charge on any atom is 0.321 e. The highest BCUT2D eigenvalue weighted by atomic mass is 16.2. The summed E-state index contributed by atoms with van der Waals surface area (Å²) in [4.78, 5) is 26.2. The van der Waals surface area contributed by atoms with Gasteiger partial charge in [-0.05, 0) is 50.4 Å². The molecule has 0 aromatic heterocycles. The summed E-state index contributed by atoms with van der Waals surface area (Å²) in [5.74, 6) is 0.0798. The maximum atomic E-state index is 12.3. The average Bonchev–Trinajstić information content (AvgIpc) is 2.99. The minimum atomic E-state index is -0.0776. The van der Waals surface area contributed by atoms with Gasteiger partial charge in [0.15, 0.2) is 0 Å². The van der Waals surface area contributed by atoms with Crippen LogP contribution in [0.15, 0.2) is 18.2 Å². The number of hydrogen-bond acceptors (Lipinski definition) is 3. The van der Waals surface area contributed by atoms with Crippen molar-refractivity contribution in [3.8, 4) is 0 Å². The van der Waals surface area contributed by atoms with E-state index in [0.717, 1.165) is 49.3 Å². The SMILES string of the molecule is CCNC(=O)N1CCc2ccc(NC(=O)C3CCCNC3)cc21. The van der Waals surface area contributed by atoms with Crippen LogP contribution in [-0.2, 0) is 11.2 Å². The van der Waals surface area contributed by atoms with E-state index >= 15 is 0 Å². The van der Waals surface area contributed by atoms with Crippen LogP contribution in [0.3, 0.4) is 0 Å². The summed E-state index contributed by atoms with van der Waals surface area (Å²) in [5.41, 5.74) is 2.81. The molecule has 0 radical (unpaired) electrons. The van der Waals surface area contributed by atoms with Crippen LogP contribution in [0.4, 0.5) is 16.2 Å². The summed E-state index contributed by atoms with van der Waals surface area (Å²) in [6.45, 7) is 4.93. The van der Waals surface area contributed by atoms with E-state index in [9.17, 15) is 9.59 Å². The molecule has 23 heavy (non-hydrogen) atoms. The Morgan fingerprint density at radius 2 is 2.26 bits per heavy atom. The minimum absolute atomic E-state index is 0.0245. The first-order chi connectivity index (χ1) is 11.2. The third kappa shape index (κ3) is 3.47. The van der Waals surface area contributed by atoms with Crippen molar-refractivity contribution in [1.29, 1.82) is 0 Å². The van der Waals surface area contributed by atoms with Gasteiger partial charge in [0.25, 0.3) is 0 Å². The summed E-state index contributed by atoms with van der Waals surface area (Å²) < 4.78 is 0. The zero-order valence-electron chi connectivity index (χ0n) is 13.5. The topological polar surface area (TPSA) is 73.5 Å². The second kappa shape index (κ2) is 7.00. The fraction of sp³-hybridized carbons (Fsp3) is 0.529. The molecule has 0 bridgehead atoms. The van der Waals surface area contributed by atoms with Gasteiger partial charge in [-0.1, -0.05) is 6.07 Å². The lowest BCUT2D eigenvalue weighted by Gasteiger charge is -2.22. The number of fused-ring (bicyclic) bond motifs is 1. The van der Waals surface area contributed by atoms with Crippen molar-refractivity contribution in [2.75, 3.05) is 36.4 Å². The minimum Gasteiger partial charge on any atom is -0.338 e. The molecule has 6 nitrogen and oxygen atoms in total. The Morgan fingerprint density at radius 3 is 3.00 bits per heavy atom. The summed E-state index contributed by atoms with van der Waals surface area (Å²) in [7, 11) is 0. The normalized spacial score (nSPS) is 20.0. The van der Waals surface area contributed by atoms with Gasteiger partial charge in [0, 0.05) is 25.3 Å². The number of nitrogens with zero attached hydrogens (tertiary/aromatic N) is 1. The van der Waals surface area contributed by atoms with E-state index in [0.29, 0.717) is 13.1 Å². The molecule has 0 saturated carbocycles. The number of anilines is 2. The Labute approximate surface area is 136 Å². The third-order valence-corrected chi connectivity index (χ3v) is 4.49. The Hall–Kier alpha value is -2.08. The lowest BCUT2D eigenvalue weighted by Crippen LogP contribution is -2.39. The fourth-order valence-electron chi connectivity index (χ4n) is 3.23. The lowest BCUT2D eigenvalue weighted by molar-refractivity contribution is -0.120. The molecular formula is C17H24N4O2. The summed E-state index contributed by atoms with van der Waals surface area (Å²) in [6, 6.07) is 5.76. The van der Waals surface area contributed by atoms with Gasteiger partial charge < -0.3 is 16.0 Å². The van der Waals surface area contributed by atoms with Crippen molar-refractivity contribution >= 4 is 23.3 Å². The quantitative estimate of drug-likeness (QED) is 0.795. The monoisotopic (exact) mass is 316 g/mol. The number of rotatable bonds is 3. The number of hydrogen-bond donors (Lipinski definition) is 3. The number of carbonyl (C=O) groups excluding carboxylic acids is 2. The van der Waals surface area contributed by atoms with Crippen LogP contribution in [0.5, 0.6) is 0 Å². The predicted octanol–water partition coefficient (Wildman–Crippen LogP) is 1.72. The molecule has 124 valence electrons. The van der Waals surface area contributed by atoms with Gasteiger partial charge in [0.2, 0.25) is 5.91 Å². The fourth-order valence-corrected chi connectivity index (χ4v) is 3.23. The molecule has 1 unspecified atom stereocenters. The molecule has 3 rings (SSSR count). The van der Waals surface area contributed by atoms with Gasteiger partial charge >= 0.3 is 6.03 Å². The standard InChI is InChI=1S/C17H24N4O2/c1-2-19-17(23)21-9-7-12-5-6-14(10-15(12)21)20-16(22)13-4-3-8-18-11-13/h5-6,10,13,18H,2-4,7-9,11H2,1H3,(H,19,23)(H,20,22). The van der Waals surface area contributed by atoms with Crippen molar-refractivity contribution in [2.45, 2.75) is 26.2 Å². The predicted molar refractivity (Wildman–Crippen MR) is 90.8 cm³/mol. The highest BCUT2D eigenvalue weighted by Gasteiger charge is 2.25. The van der Waals surface area contributed by atoms with Crippen LogP contribution in [0, 0.1) is 5.92 Å². The van der Waals surface area contributed by atoms with Crippen LogP contribution in [0.1, 0.15) is 25.3 Å². The van der Waals surface area contributed by atoms with Crippen LogP contribution in [0.2, 0.25) is 0 Å². The molecule has 3 N–H and O–H groups in total. The van der Waals surface area contributed by atoms with Crippen molar-refractivity contribution in [3.05, 3.63) is 23.8 Å². The number of amides is 3. The zero-order valence-corrected chi connectivity index (χ0v) is 13.5. The molecule has 3 amide bonds. The number of piperidine rings is 1. The molecule has 6 heteroatoms. The summed E-state index contributed by atoms with van der Waals surface area (Å²) in [5, 5.41) is 9.08. The molecule has 1 saturated heterocycles. The Bertz CT molecular complexity index is 596. The van der Waals surface area contributed by atoms with Crippen LogP contribution in [-0.4, -0.2) is 38.1 Å². The first kappa shape index (κ1) is 15.8. The molecule has 2 heterocycles. The highest BCUT2D eigenvalue weighted by molar-refractivity contribution is 5.97. The Balaban J connectivity index is 1.71. The van der Waals surface area contributed by atoms with E-state index in [4.69, 9.17) is 0 Å². The number of benzene rings is 1. The molecule has 1 atom stereocenters. The van der Waals surface area contributed by atoms with Gasteiger partial charge in [-0.2, -0.15) is 0 Å². The smallest absolute Gasteiger partial charge is 0.321 e. The largest absolute Gasteiger partial charge is 0.338 e. The number of urea groups is 1. The highest BCUT2D eigenvalue weighted by Crippen LogP contribution is 2.31. The van der Waals surface area contributed by atoms with Crippen molar-refractivity contribution in [3.63, 3.8) is 0 Å². The number of carbonyl (C=O) groups is 2. The maximum absolute atomic E-state index is 12.3. The molecule has 2 aliphatic heterocycles. The van der Waals surface area contributed by atoms with E-state index in [1.54, 1.807) is 4.90 Å². The lowest BCUT2D eigenvalue weighted by atomic mass is 9.98. The third-order valence-electron chi connectivity index (χ3n) is 4.49. The van der Waals surface area contributed by atoms with Gasteiger partial charge in [0.05, 0.1) is 11.6 Å². The van der Waals surface area contributed by atoms with Gasteiger partial charge in [0.1, 0.15) is 0 Å². The molecule has 1 aromatic carbocycles. The first-order valence-corrected chi connectivity index (χ1v) is 8.39. The van der Waals surface area contributed by atoms with Crippen LogP contribution < -0.4 is 20.9 Å². The van der Waals surface area contributed by atoms with E-state index in [-0.39, 0.29) is 17.9 Å². The Morgan fingerprint density at radius 1 is 1.39 bits per heavy atom. The molecule has 1 fully saturated rings. The second-order valence-corrected chi connectivity index (χ2v) is 6.11. The van der Waals surface area contributed by atoms with E-state index in [1.807, 2.05) is 25.1 Å². The molecule has 2 aliphatic rings. The summed E-state index contributed by atoms with van der Waals surface area (Å²) in [6.07, 6.45) is 2.81. The van der Waals surface area contributed by atoms with Gasteiger partial charge in [-0.3, -0.25) is 9.69 Å². The first-order valence-electron chi connectivity index (χ1n) is 8.39. The van der Waals surface area contributed by atoms with Crippen molar-refractivity contribution in [2.24, 2.45) is 5.92 Å². The van der Waals surface area contributed by atoms with E-state index < -0.39 is 0 Å². The van der Waals surface area contributed by atoms with E-state index in [2.05, 4.69) is 16.0 Å². The van der Waals surface area contributed by atoms with E-state index in [1.165, 1.54) is 0 Å². The van der Waals surface area contributed by atoms with Crippen LogP contribution >= 0.6 is 0 Å². The molecule has 1 aromatic rings. The van der Waals surface area contributed by atoms with Crippen LogP contribution in [0.25, 0.3) is 0 Å². The zero-order chi connectivity index (χ0) is 16.2. The number of nitrogens with one attached hydrogen (secondary N) is 3. The molecule has 0 spiro atoms. The van der Waals surface area contributed by atoms with Crippen molar-refractivity contribution < 1.29 is 9.59 Å². The molecule has 0 aliphatic carbocycles. The van der Waals surface area contributed by atoms with Gasteiger partial charge in [-0.25, -0.2) is 4.79 Å². The average molecular weight is 316 g/mol. The van der Waals surface area contributed by atoms with Crippen molar-refractivity contribution in [1.82, 2.24) is 10.6 Å². The Kier molecular flexibility index (Phi) is 4.81. The van der Waals surface area contributed by atoms with Gasteiger partial charge in [-0.15, -0.1) is 0 Å². The molecular weight excluding hydrogens is 292 g/mol. The summed E-state index contributed by atoms with van der Waals surface area (Å²) >= 11 is 0.